The second-order valence-electron chi connectivity index (χ2n) is 8.40. The van der Waals surface area contributed by atoms with E-state index in [0.29, 0.717) is 56.0 Å². The molecule has 9 nitrogen and oxygen atoms in total. The highest BCUT2D eigenvalue weighted by molar-refractivity contribution is 5.97. The van der Waals surface area contributed by atoms with E-state index in [1.54, 1.807) is 54.3 Å². The summed E-state index contributed by atoms with van der Waals surface area (Å²) >= 11 is 0. The van der Waals surface area contributed by atoms with Crippen LogP contribution in [0.5, 0.6) is 5.75 Å². The zero-order valence-corrected chi connectivity index (χ0v) is 19.6. The molecule has 0 aromatic heterocycles. The van der Waals surface area contributed by atoms with Crippen molar-refractivity contribution in [2.24, 2.45) is 0 Å². The SMILES string of the molecule is CCOC(=O)C(OC(=O)N1CCN(CCC(=O)c2ccc3c(c2)OC(=O)C3)CC1)c1ccccc1. The summed E-state index contributed by atoms with van der Waals surface area (Å²) in [5, 5.41) is 0. The molecule has 9 heteroatoms. The molecule has 0 radical (unpaired) electrons. The molecule has 184 valence electrons. The number of piperazine rings is 1. The number of fused-ring (bicyclic) bond motifs is 1. The van der Waals surface area contributed by atoms with Crippen LogP contribution in [0.3, 0.4) is 0 Å². The highest BCUT2D eigenvalue weighted by Gasteiger charge is 2.30. The predicted molar refractivity (Wildman–Crippen MR) is 125 cm³/mol. The second-order valence-corrected chi connectivity index (χ2v) is 8.40. The number of ketones is 1. The molecule has 1 amide bonds. The molecule has 1 atom stereocenters. The zero-order valence-electron chi connectivity index (χ0n) is 19.6. The molecule has 2 aliphatic heterocycles. The van der Waals surface area contributed by atoms with Crippen LogP contribution in [0.15, 0.2) is 48.5 Å². The first kappa shape index (κ1) is 24.4. The average molecular weight is 481 g/mol. The Bertz CT molecular complexity index is 1090. The molecule has 2 aromatic rings. The fourth-order valence-corrected chi connectivity index (χ4v) is 4.11. The van der Waals surface area contributed by atoms with Crippen LogP contribution in [0.25, 0.3) is 0 Å². The van der Waals surface area contributed by atoms with E-state index in [1.165, 1.54) is 0 Å². The number of hydrogen-bond acceptors (Lipinski definition) is 8. The summed E-state index contributed by atoms with van der Waals surface area (Å²) in [5.41, 5.74) is 1.87. The van der Waals surface area contributed by atoms with Gasteiger partial charge in [-0.3, -0.25) is 14.5 Å². The van der Waals surface area contributed by atoms with Crippen LogP contribution in [-0.2, 0) is 25.5 Å². The number of Topliss-reactive ketones (excluding diaryl/α,β-unsaturated/α-hetero) is 1. The van der Waals surface area contributed by atoms with Gasteiger partial charge in [0, 0.05) is 55.8 Å². The van der Waals surface area contributed by atoms with Crippen molar-refractivity contribution < 1.29 is 33.4 Å². The van der Waals surface area contributed by atoms with Gasteiger partial charge in [-0.15, -0.1) is 0 Å². The van der Waals surface area contributed by atoms with Gasteiger partial charge in [-0.1, -0.05) is 42.5 Å². The fraction of sp³-hybridized carbons (Fsp3) is 0.385. The lowest BCUT2D eigenvalue weighted by Gasteiger charge is -2.34. The van der Waals surface area contributed by atoms with Crippen LogP contribution in [0.1, 0.15) is 40.9 Å². The van der Waals surface area contributed by atoms with E-state index in [9.17, 15) is 19.2 Å². The molecule has 1 saturated heterocycles. The Morgan fingerprint density at radius 2 is 1.77 bits per heavy atom. The summed E-state index contributed by atoms with van der Waals surface area (Å²) < 4.78 is 15.7. The highest BCUT2D eigenvalue weighted by atomic mass is 16.6. The second kappa shape index (κ2) is 11.1. The number of nitrogens with zero attached hydrogens (tertiary/aromatic N) is 2. The van der Waals surface area contributed by atoms with Gasteiger partial charge < -0.3 is 19.1 Å². The minimum Gasteiger partial charge on any atom is -0.463 e. The Kier molecular flexibility index (Phi) is 7.77. The number of benzene rings is 2. The summed E-state index contributed by atoms with van der Waals surface area (Å²) in [6, 6.07) is 13.9. The van der Waals surface area contributed by atoms with E-state index >= 15 is 0 Å². The van der Waals surface area contributed by atoms with Gasteiger partial charge in [0.2, 0.25) is 6.10 Å². The molecule has 35 heavy (non-hydrogen) atoms. The third-order valence-corrected chi connectivity index (χ3v) is 6.05. The maximum absolute atomic E-state index is 12.8. The first-order chi connectivity index (χ1) is 16.9. The average Bonchev–Trinajstić information content (AvgIpc) is 3.25. The molecule has 1 unspecified atom stereocenters. The number of hydrogen-bond donors (Lipinski definition) is 0. The van der Waals surface area contributed by atoms with Gasteiger partial charge in [-0.2, -0.15) is 0 Å². The minimum absolute atomic E-state index is 0.0299. The molecule has 0 N–H and O–H groups in total. The Hall–Kier alpha value is -3.72. The number of carbonyl (C=O) groups is 4. The summed E-state index contributed by atoms with van der Waals surface area (Å²) in [6.45, 7) is 4.45. The number of amides is 1. The summed E-state index contributed by atoms with van der Waals surface area (Å²) in [6.07, 6.45) is -1.14. The lowest BCUT2D eigenvalue weighted by molar-refractivity contribution is -0.154. The molecule has 4 rings (SSSR count). The molecular formula is C26H28N2O7. The topological polar surface area (TPSA) is 102 Å². The van der Waals surface area contributed by atoms with Crippen molar-refractivity contribution in [2.45, 2.75) is 25.9 Å². The van der Waals surface area contributed by atoms with Crippen molar-refractivity contribution in [3.05, 3.63) is 65.2 Å². The molecule has 2 aromatic carbocycles. The smallest absolute Gasteiger partial charge is 0.411 e. The Labute approximate surface area is 203 Å². The zero-order chi connectivity index (χ0) is 24.8. The minimum atomic E-state index is -1.12. The van der Waals surface area contributed by atoms with Crippen molar-refractivity contribution >= 4 is 23.8 Å². The van der Waals surface area contributed by atoms with Crippen LogP contribution in [0, 0.1) is 0 Å². The lowest BCUT2D eigenvalue weighted by atomic mass is 10.0. The summed E-state index contributed by atoms with van der Waals surface area (Å²) in [5.74, 6) is -0.480. The van der Waals surface area contributed by atoms with Crippen molar-refractivity contribution in [3.63, 3.8) is 0 Å². The standard InChI is InChI=1S/C26H28N2O7/c1-2-33-25(31)24(18-6-4-3-5-7-18)35-26(32)28-14-12-27(13-15-28)11-10-21(29)19-8-9-20-17-23(30)34-22(20)16-19/h3-9,16,24H,2,10-15,17H2,1H3. The van der Waals surface area contributed by atoms with Gasteiger partial charge in [0.15, 0.2) is 5.78 Å². The lowest BCUT2D eigenvalue weighted by Crippen LogP contribution is -2.49. The summed E-state index contributed by atoms with van der Waals surface area (Å²) in [7, 11) is 0. The monoisotopic (exact) mass is 480 g/mol. The van der Waals surface area contributed by atoms with Gasteiger partial charge in [0.1, 0.15) is 5.75 Å². The maximum Gasteiger partial charge on any atom is 0.411 e. The van der Waals surface area contributed by atoms with Crippen LogP contribution in [0.2, 0.25) is 0 Å². The van der Waals surface area contributed by atoms with Gasteiger partial charge in [0.05, 0.1) is 13.0 Å². The number of carbonyl (C=O) groups excluding carboxylic acids is 4. The van der Waals surface area contributed by atoms with E-state index in [-0.39, 0.29) is 24.8 Å². The van der Waals surface area contributed by atoms with E-state index in [4.69, 9.17) is 14.2 Å². The van der Waals surface area contributed by atoms with Crippen LogP contribution in [-0.4, -0.2) is 72.9 Å². The first-order valence-corrected chi connectivity index (χ1v) is 11.7. The quantitative estimate of drug-likeness (QED) is 0.323. The van der Waals surface area contributed by atoms with E-state index in [2.05, 4.69) is 4.90 Å². The molecule has 0 aliphatic carbocycles. The van der Waals surface area contributed by atoms with Crippen LogP contribution >= 0.6 is 0 Å². The number of rotatable bonds is 8. The molecule has 2 aliphatic rings. The van der Waals surface area contributed by atoms with Crippen molar-refractivity contribution in [2.75, 3.05) is 39.3 Å². The third kappa shape index (κ3) is 6.05. The van der Waals surface area contributed by atoms with E-state index in [0.717, 1.165) is 5.56 Å². The predicted octanol–water partition coefficient (Wildman–Crippen LogP) is 2.78. The van der Waals surface area contributed by atoms with Gasteiger partial charge in [-0.05, 0) is 13.0 Å². The Balaban J connectivity index is 1.26. The Morgan fingerprint density at radius 1 is 1.03 bits per heavy atom. The number of ether oxygens (including phenoxy) is 3. The van der Waals surface area contributed by atoms with Crippen molar-refractivity contribution in [1.29, 1.82) is 0 Å². The van der Waals surface area contributed by atoms with Crippen LogP contribution in [0.4, 0.5) is 4.79 Å². The third-order valence-electron chi connectivity index (χ3n) is 6.05. The first-order valence-electron chi connectivity index (χ1n) is 11.7. The van der Waals surface area contributed by atoms with Crippen molar-refractivity contribution in [3.8, 4) is 5.75 Å². The normalized spacial score (nSPS) is 16.3. The maximum atomic E-state index is 12.8. The van der Waals surface area contributed by atoms with Gasteiger partial charge in [-0.25, -0.2) is 9.59 Å². The molecule has 2 heterocycles. The fourth-order valence-electron chi connectivity index (χ4n) is 4.11. The molecular weight excluding hydrogens is 452 g/mol. The molecule has 1 fully saturated rings. The largest absolute Gasteiger partial charge is 0.463 e. The highest BCUT2D eigenvalue weighted by Crippen LogP contribution is 2.27. The van der Waals surface area contributed by atoms with Gasteiger partial charge >= 0.3 is 18.0 Å². The Morgan fingerprint density at radius 3 is 2.49 bits per heavy atom. The summed E-state index contributed by atoms with van der Waals surface area (Å²) in [4.78, 5) is 52.8. The molecule has 0 saturated carbocycles. The van der Waals surface area contributed by atoms with Crippen molar-refractivity contribution in [1.82, 2.24) is 9.80 Å². The van der Waals surface area contributed by atoms with Gasteiger partial charge in [0.25, 0.3) is 0 Å². The van der Waals surface area contributed by atoms with E-state index in [1.807, 2.05) is 6.07 Å². The molecule has 0 bridgehead atoms. The van der Waals surface area contributed by atoms with E-state index < -0.39 is 18.2 Å². The number of esters is 2. The molecule has 0 spiro atoms. The van der Waals surface area contributed by atoms with Crippen LogP contribution < -0.4 is 4.74 Å².